The first-order chi connectivity index (χ1) is 10.6. The number of nitrogens with one attached hydrogen (secondary N) is 2. The summed E-state index contributed by atoms with van der Waals surface area (Å²) in [4.78, 5) is 18.1. The van der Waals surface area contributed by atoms with Crippen molar-refractivity contribution in [3.63, 3.8) is 0 Å². The average Bonchev–Trinajstić information content (AvgIpc) is 2.50. The van der Waals surface area contributed by atoms with Crippen LogP contribution in [0.4, 0.5) is 11.4 Å². The lowest BCUT2D eigenvalue weighted by atomic mass is 10.3. The van der Waals surface area contributed by atoms with E-state index in [9.17, 15) is 4.79 Å². The van der Waals surface area contributed by atoms with Gasteiger partial charge >= 0.3 is 0 Å². The van der Waals surface area contributed by atoms with Gasteiger partial charge in [0.1, 0.15) is 5.69 Å². The lowest BCUT2D eigenvalue weighted by molar-refractivity contribution is 0.0946. The van der Waals surface area contributed by atoms with Gasteiger partial charge in [-0.25, -0.2) is 4.98 Å². The molecule has 2 aromatic rings. The van der Waals surface area contributed by atoms with Crippen LogP contribution in [-0.2, 0) is 0 Å². The van der Waals surface area contributed by atoms with Crippen molar-refractivity contribution in [2.75, 3.05) is 32.5 Å². The summed E-state index contributed by atoms with van der Waals surface area (Å²) in [5, 5.41) is 6.09. The van der Waals surface area contributed by atoms with Crippen LogP contribution >= 0.6 is 15.9 Å². The Hall–Kier alpha value is -1.92. The zero-order valence-electron chi connectivity index (χ0n) is 12.6. The number of hydrogen-bond acceptors (Lipinski definition) is 4. The third-order valence-electron chi connectivity index (χ3n) is 2.99. The molecule has 0 aliphatic heterocycles. The smallest absolute Gasteiger partial charge is 0.269 e. The van der Waals surface area contributed by atoms with Crippen LogP contribution in [0.1, 0.15) is 10.5 Å². The maximum Gasteiger partial charge on any atom is 0.269 e. The number of rotatable bonds is 6. The highest BCUT2D eigenvalue weighted by Gasteiger charge is 2.07. The molecule has 0 saturated heterocycles. The molecule has 0 bridgehead atoms. The second-order valence-corrected chi connectivity index (χ2v) is 5.95. The maximum atomic E-state index is 11.9. The Bertz CT molecular complexity index is 628. The molecule has 6 heteroatoms. The van der Waals surface area contributed by atoms with E-state index < -0.39 is 0 Å². The molecule has 1 heterocycles. The Balaban J connectivity index is 1.95. The number of amides is 1. The second kappa shape index (κ2) is 7.91. The van der Waals surface area contributed by atoms with Gasteiger partial charge in [0.15, 0.2) is 0 Å². The molecule has 0 aliphatic carbocycles. The van der Waals surface area contributed by atoms with Crippen LogP contribution in [0.15, 0.2) is 47.1 Å². The molecule has 0 spiro atoms. The van der Waals surface area contributed by atoms with Gasteiger partial charge in [0.2, 0.25) is 0 Å². The van der Waals surface area contributed by atoms with E-state index in [-0.39, 0.29) is 5.91 Å². The fourth-order valence-electron chi connectivity index (χ4n) is 1.80. The van der Waals surface area contributed by atoms with E-state index in [4.69, 9.17) is 0 Å². The second-order valence-electron chi connectivity index (χ2n) is 5.10. The van der Waals surface area contributed by atoms with Gasteiger partial charge in [-0.15, -0.1) is 0 Å². The highest BCUT2D eigenvalue weighted by atomic mass is 79.9. The molecule has 1 aromatic heterocycles. The first-order valence-corrected chi connectivity index (χ1v) is 7.76. The van der Waals surface area contributed by atoms with Crippen molar-refractivity contribution in [1.29, 1.82) is 0 Å². The molecule has 0 aliphatic rings. The number of benzene rings is 1. The largest absolute Gasteiger partial charge is 0.353 e. The summed E-state index contributed by atoms with van der Waals surface area (Å²) in [6, 6.07) is 11.4. The van der Waals surface area contributed by atoms with Gasteiger partial charge in [-0.1, -0.05) is 12.1 Å². The molecule has 5 nitrogen and oxygen atoms in total. The molecule has 1 aromatic carbocycles. The molecule has 1 amide bonds. The summed E-state index contributed by atoms with van der Waals surface area (Å²) in [5.41, 5.74) is 2.20. The molecular weight excluding hydrogens is 344 g/mol. The van der Waals surface area contributed by atoms with Gasteiger partial charge in [-0.2, -0.15) is 0 Å². The van der Waals surface area contributed by atoms with E-state index in [2.05, 4.69) is 31.5 Å². The first-order valence-electron chi connectivity index (χ1n) is 6.97. The van der Waals surface area contributed by atoms with Gasteiger partial charge in [0.25, 0.3) is 5.91 Å². The van der Waals surface area contributed by atoms with Crippen molar-refractivity contribution in [2.45, 2.75) is 0 Å². The summed E-state index contributed by atoms with van der Waals surface area (Å²) < 4.78 is 0.973. The summed E-state index contributed by atoms with van der Waals surface area (Å²) in [6.07, 6.45) is 1.65. The normalized spacial score (nSPS) is 10.5. The zero-order valence-corrected chi connectivity index (χ0v) is 14.2. The van der Waals surface area contributed by atoms with Gasteiger partial charge < -0.3 is 15.5 Å². The Morgan fingerprint density at radius 3 is 2.64 bits per heavy atom. The number of carbonyl (C=O) groups excluding carboxylic acids is 1. The third-order valence-corrected chi connectivity index (χ3v) is 3.69. The van der Waals surface area contributed by atoms with E-state index in [1.807, 2.05) is 49.3 Å². The van der Waals surface area contributed by atoms with E-state index in [0.29, 0.717) is 12.2 Å². The molecule has 2 rings (SSSR count). The number of para-hydroxylation sites is 1. The number of halogens is 1. The number of hydrogen-bond donors (Lipinski definition) is 2. The molecule has 0 fully saturated rings. The number of pyridine rings is 1. The van der Waals surface area contributed by atoms with Crippen molar-refractivity contribution >= 4 is 33.2 Å². The Kier molecular flexibility index (Phi) is 5.91. The standard InChI is InChI=1S/C16H19BrN4O/c1-21(2)10-9-18-16(22)15-8-7-12(11-19-15)20-14-6-4-3-5-13(14)17/h3-8,11,20H,9-10H2,1-2H3,(H,18,22). The fraction of sp³-hybridized carbons (Fsp3) is 0.250. The minimum absolute atomic E-state index is 0.158. The lowest BCUT2D eigenvalue weighted by Crippen LogP contribution is -2.31. The maximum absolute atomic E-state index is 11.9. The summed E-state index contributed by atoms with van der Waals surface area (Å²) >= 11 is 3.48. The summed E-state index contributed by atoms with van der Waals surface area (Å²) in [7, 11) is 3.93. The van der Waals surface area contributed by atoms with Crippen LogP contribution in [0.3, 0.4) is 0 Å². The van der Waals surface area contributed by atoms with Crippen molar-refractivity contribution in [3.8, 4) is 0 Å². The first kappa shape index (κ1) is 16.5. The zero-order chi connectivity index (χ0) is 15.9. The van der Waals surface area contributed by atoms with Crippen LogP contribution < -0.4 is 10.6 Å². The lowest BCUT2D eigenvalue weighted by Gasteiger charge is -2.11. The van der Waals surface area contributed by atoms with E-state index in [1.165, 1.54) is 0 Å². The van der Waals surface area contributed by atoms with Gasteiger partial charge in [-0.05, 0) is 54.3 Å². The van der Waals surface area contributed by atoms with Crippen LogP contribution in [0, 0.1) is 0 Å². The summed E-state index contributed by atoms with van der Waals surface area (Å²) in [5.74, 6) is -0.158. The molecule has 0 radical (unpaired) electrons. The molecule has 2 N–H and O–H groups in total. The predicted molar refractivity (Wildman–Crippen MR) is 92.5 cm³/mol. The van der Waals surface area contributed by atoms with E-state index in [1.54, 1.807) is 12.3 Å². The van der Waals surface area contributed by atoms with Crippen molar-refractivity contribution < 1.29 is 4.79 Å². The van der Waals surface area contributed by atoms with Gasteiger partial charge in [0, 0.05) is 17.6 Å². The van der Waals surface area contributed by atoms with Gasteiger partial charge in [0.05, 0.1) is 17.6 Å². The average molecular weight is 363 g/mol. The minimum atomic E-state index is -0.158. The van der Waals surface area contributed by atoms with Crippen molar-refractivity contribution in [1.82, 2.24) is 15.2 Å². The predicted octanol–water partition coefficient (Wildman–Crippen LogP) is 2.88. The molecule has 116 valence electrons. The highest BCUT2D eigenvalue weighted by Crippen LogP contribution is 2.24. The number of carbonyl (C=O) groups is 1. The highest BCUT2D eigenvalue weighted by molar-refractivity contribution is 9.10. The van der Waals surface area contributed by atoms with Crippen LogP contribution in [0.25, 0.3) is 0 Å². The fourth-order valence-corrected chi connectivity index (χ4v) is 2.19. The Morgan fingerprint density at radius 2 is 2.00 bits per heavy atom. The van der Waals surface area contributed by atoms with Crippen LogP contribution in [-0.4, -0.2) is 43.0 Å². The number of aromatic nitrogens is 1. The Morgan fingerprint density at radius 1 is 1.23 bits per heavy atom. The van der Waals surface area contributed by atoms with Crippen molar-refractivity contribution in [3.05, 3.63) is 52.8 Å². The topological polar surface area (TPSA) is 57.3 Å². The SMILES string of the molecule is CN(C)CCNC(=O)c1ccc(Nc2ccccc2Br)cn1. The summed E-state index contributed by atoms with van der Waals surface area (Å²) in [6.45, 7) is 1.40. The van der Waals surface area contributed by atoms with Crippen LogP contribution in [0.2, 0.25) is 0 Å². The minimum Gasteiger partial charge on any atom is -0.353 e. The number of likely N-dealkylation sites (N-methyl/N-ethyl adjacent to an activating group) is 1. The quantitative estimate of drug-likeness (QED) is 0.829. The van der Waals surface area contributed by atoms with Gasteiger partial charge in [-0.3, -0.25) is 4.79 Å². The monoisotopic (exact) mass is 362 g/mol. The number of anilines is 2. The molecule has 0 atom stereocenters. The third kappa shape index (κ3) is 4.82. The molecular formula is C16H19BrN4O. The Labute approximate surface area is 138 Å². The van der Waals surface area contributed by atoms with E-state index >= 15 is 0 Å². The molecule has 0 saturated carbocycles. The molecule has 0 unspecified atom stereocenters. The van der Waals surface area contributed by atoms with Crippen LogP contribution in [0.5, 0.6) is 0 Å². The van der Waals surface area contributed by atoms with E-state index in [0.717, 1.165) is 22.4 Å². The molecule has 22 heavy (non-hydrogen) atoms. The number of nitrogens with zero attached hydrogens (tertiary/aromatic N) is 2. The van der Waals surface area contributed by atoms with Crippen molar-refractivity contribution in [2.24, 2.45) is 0 Å².